The summed E-state index contributed by atoms with van der Waals surface area (Å²) in [7, 11) is 0. The van der Waals surface area contributed by atoms with Gasteiger partial charge < -0.3 is 4.74 Å². The number of nitrogens with one attached hydrogen (secondary N) is 1. The third kappa shape index (κ3) is 6.27. The molecule has 0 bridgehead atoms. The molecule has 3 rings (SSSR count). The molecule has 1 heterocycles. The van der Waals surface area contributed by atoms with Crippen LogP contribution < -0.4 is 10.1 Å². The van der Waals surface area contributed by atoms with Gasteiger partial charge in [-0.3, -0.25) is 10.1 Å². The molecular formula is C25H25N3O2S. The highest BCUT2D eigenvalue weighted by Gasteiger charge is 2.13. The van der Waals surface area contributed by atoms with Gasteiger partial charge in [0.05, 0.1) is 12.3 Å². The maximum Gasteiger partial charge on any atom is 0.268 e. The molecule has 0 saturated carbocycles. The van der Waals surface area contributed by atoms with Gasteiger partial charge in [-0.1, -0.05) is 56.7 Å². The van der Waals surface area contributed by atoms with E-state index in [-0.39, 0.29) is 5.57 Å². The number of aryl methyl sites for hydroxylation is 1. The van der Waals surface area contributed by atoms with Gasteiger partial charge in [0.15, 0.2) is 5.13 Å². The average Bonchev–Trinajstić information content (AvgIpc) is 3.27. The Kier molecular flexibility index (Phi) is 7.97. The molecule has 2 aromatic carbocycles. The van der Waals surface area contributed by atoms with Crippen LogP contribution in [0.4, 0.5) is 5.13 Å². The number of ether oxygens (including phenoxy) is 1. The van der Waals surface area contributed by atoms with E-state index >= 15 is 0 Å². The molecule has 0 atom stereocenters. The molecule has 0 aliphatic heterocycles. The molecule has 0 fully saturated rings. The molecule has 1 N–H and O–H groups in total. The van der Waals surface area contributed by atoms with E-state index in [9.17, 15) is 10.1 Å². The Labute approximate surface area is 187 Å². The number of nitriles is 1. The lowest BCUT2D eigenvalue weighted by molar-refractivity contribution is -0.112. The van der Waals surface area contributed by atoms with Gasteiger partial charge >= 0.3 is 0 Å². The maximum atomic E-state index is 12.6. The minimum atomic E-state index is -0.479. The zero-order valence-electron chi connectivity index (χ0n) is 17.7. The van der Waals surface area contributed by atoms with Crippen LogP contribution in [0, 0.1) is 11.3 Å². The van der Waals surface area contributed by atoms with Crippen molar-refractivity contribution in [1.82, 2.24) is 4.98 Å². The monoisotopic (exact) mass is 431 g/mol. The van der Waals surface area contributed by atoms with Crippen molar-refractivity contribution in [2.24, 2.45) is 0 Å². The van der Waals surface area contributed by atoms with Crippen molar-refractivity contribution in [3.05, 3.63) is 70.6 Å². The molecule has 6 heteroatoms. The number of benzene rings is 2. The van der Waals surface area contributed by atoms with Crippen LogP contribution in [0.3, 0.4) is 0 Å². The maximum absolute atomic E-state index is 12.6. The van der Waals surface area contributed by atoms with E-state index in [1.54, 1.807) is 6.08 Å². The van der Waals surface area contributed by atoms with Gasteiger partial charge in [0.25, 0.3) is 5.91 Å². The molecule has 0 radical (unpaired) electrons. The van der Waals surface area contributed by atoms with Gasteiger partial charge in [-0.05, 0) is 42.2 Å². The number of hydrogen-bond acceptors (Lipinski definition) is 5. The number of anilines is 1. The van der Waals surface area contributed by atoms with E-state index in [0.29, 0.717) is 11.7 Å². The van der Waals surface area contributed by atoms with E-state index in [2.05, 4.69) is 36.3 Å². The fraction of sp³-hybridized carbons (Fsp3) is 0.240. The summed E-state index contributed by atoms with van der Waals surface area (Å²) < 4.78 is 5.64. The number of nitrogens with zero attached hydrogens (tertiary/aromatic N) is 2. The summed E-state index contributed by atoms with van der Waals surface area (Å²) in [6, 6.07) is 17.5. The molecule has 0 aliphatic carbocycles. The molecule has 31 heavy (non-hydrogen) atoms. The first-order valence-corrected chi connectivity index (χ1v) is 11.2. The highest BCUT2D eigenvalue weighted by molar-refractivity contribution is 7.14. The molecule has 5 nitrogen and oxygen atoms in total. The number of unbranched alkanes of at least 4 members (excludes halogenated alkanes) is 1. The quantitative estimate of drug-likeness (QED) is 0.252. The van der Waals surface area contributed by atoms with Gasteiger partial charge in [-0.15, -0.1) is 11.3 Å². The lowest BCUT2D eigenvalue weighted by atomic mass is 10.1. The van der Waals surface area contributed by atoms with E-state index < -0.39 is 5.91 Å². The predicted molar refractivity (Wildman–Crippen MR) is 126 cm³/mol. The number of amides is 1. The molecule has 0 saturated heterocycles. The number of carbonyl (C=O) groups is 1. The Morgan fingerprint density at radius 1 is 1.16 bits per heavy atom. The van der Waals surface area contributed by atoms with E-state index in [0.717, 1.165) is 41.8 Å². The Hall–Kier alpha value is -3.43. The molecule has 1 amide bonds. The summed E-state index contributed by atoms with van der Waals surface area (Å²) in [5.74, 6) is 0.295. The number of rotatable bonds is 9. The SMILES string of the molecule is CCCCOc1ccc(C=C(C#N)C(=O)Nc2nc(-c3ccc(CC)cc3)cs2)cc1. The number of aromatic nitrogens is 1. The molecule has 0 unspecified atom stereocenters. The van der Waals surface area contributed by atoms with Crippen molar-refractivity contribution in [2.45, 2.75) is 33.1 Å². The largest absolute Gasteiger partial charge is 0.494 e. The summed E-state index contributed by atoms with van der Waals surface area (Å²) in [6.45, 7) is 4.90. The zero-order chi connectivity index (χ0) is 22.1. The van der Waals surface area contributed by atoms with E-state index in [4.69, 9.17) is 4.74 Å². The second-order valence-electron chi connectivity index (χ2n) is 6.98. The van der Waals surface area contributed by atoms with Crippen LogP contribution in [0.25, 0.3) is 17.3 Å². The summed E-state index contributed by atoms with van der Waals surface area (Å²) in [5, 5.41) is 14.5. The van der Waals surface area contributed by atoms with Crippen molar-refractivity contribution in [3.63, 3.8) is 0 Å². The number of thiazole rings is 1. The highest BCUT2D eigenvalue weighted by atomic mass is 32.1. The Morgan fingerprint density at radius 3 is 2.55 bits per heavy atom. The van der Waals surface area contributed by atoms with Crippen molar-refractivity contribution in [2.75, 3.05) is 11.9 Å². The van der Waals surface area contributed by atoms with Crippen molar-refractivity contribution in [1.29, 1.82) is 5.26 Å². The second kappa shape index (κ2) is 11.1. The molecule has 0 aliphatic rings. The summed E-state index contributed by atoms with van der Waals surface area (Å²) in [4.78, 5) is 17.0. The van der Waals surface area contributed by atoms with E-state index in [1.807, 2.05) is 47.8 Å². The minimum absolute atomic E-state index is 0.0173. The van der Waals surface area contributed by atoms with Crippen molar-refractivity contribution < 1.29 is 9.53 Å². The fourth-order valence-corrected chi connectivity index (χ4v) is 3.56. The molecule has 3 aromatic rings. The van der Waals surface area contributed by atoms with Crippen LogP contribution in [0.15, 0.2) is 59.5 Å². The smallest absolute Gasteiger partial charge is 0.268 e. The van der Waals surface area contributed by atoms with Gasteiger partial charge in [0, 0.05) is 10.9 Å². The minimum Gasteiger partial charge on any atom is -0.494 e. The Bertz CT molecular complexity index is 1080. The number of hydrogen-bond donors (Lipinski definition) is 1. The molecule has 1 aromatic heterocycles. The van der Waals surface area contributed by atoms with Gasteiger partial charge in [0.1, 0.15) is 17.4 Å². The average molecular weight is 432 g/mol. The highest BCUT2D eigenvalue weighted by Crippen LogP contribution is 2.26. The van der Waals surface area contributed by atoms with E-state index in [1.165, 1.54) is 16.9 Å². The van der Waals surface area contributed by atoms with Crippen LogP contribution in [-0.2, 0) is 11.2 Å². The lowest BCUT2D eigenvalue weighted by Gasteiger charge is -2.05. The Morgan fingerprint density at radius 2 is 1.90 bits per heavy atom. The van der Waals surface area contributed by atoms with Gasteiger partial charge in [0.2, 0.25) is 0 Å². The predicted octanol–water partition coefficient (Wildman–Crippen LogP) is 6.10. The van der Waals surface area contributed by atoms with Crippen LogP contribution in [0.1, 0.15) is 37.8 Å². The summed E-state index contributed by atoms with van der Waals surface area (Å²) in [6.07, 6.45) is 4.62. The summed E-state index contributed by atoms with van der Waals surface area (Å²) in [5.41, 5.74) is 3.82. The van der Waals surface area contributed by atoms with Crippen molar-refractivity contribution >= 4 is 28.5 Å². The Balaban J connectivity index is 1.65. The van der Waals surface area contributed by atoms with Crippen LogP contribution in [0.5, 0.6) is 5.75 Å². The van der Waals surface area contributed by atoms with Crippen molar-refractivity contribution in [3.8, 4) is 23.1 Å². The van der Waals surface area contributed by atoms with Crippen LogP contribution in [0.2, 0.25) is 0 Å². The first kappa shape index (κ1) is 22.3. The molecule has 0 spiro atoms. The lowest BCUT2D eigenvalue weighted by Crippen LogP contribution is -2.13. The topological polar surface area (TPSA) is 75.0 Å². The molecule has 158 valence electrons. The molecular weight excluding hydrogens is 406 g/mol. The first-order valence-electron chi connectivity index (χ1n) is 10.3. The first-order chi connectivity index (χ1) is 15.1. The van der Waals surface area contributed by atoms with Crippen LogP contribution in [-0.4, -0.2) is 17.5 Å². The fourth-order valence-electron chi connectivity index (χ4n) is 2.85. The third-order valence-corrected chi connectivity index (χ3v) is 5.46. The third-order valence-electron chi connectivity index (χ3n) is 4.71. The summed E-state index contributed by atoms with van der Waals surface area (Å²) >= 11 is 1.33. The number of carbonyl (C=O) groups excluding carboxylic acids is 1. The zero-order valence-corrected chi connectivity index (χ0v) is 18.5. The standard InChI is InChI=1S/C25H25N3O2S/c1-3-5-14-30-22-12-8-19(9-13-22)15-21(16-26)24(29)28-25-27-23(17-31-25)20-10-6-18(4-2)7-11-20/h6-13,15,17H,3-5,14H2,1-2H3,(H,27,28,29). The van der Waals surface area contributed by atoms with Gasteiger partial charge in [-0.2, -0.15) is 5.26 Å². The van der Waals surface area contributed by atoms with Crippen LogP contribution >= 0.6 is 11.3 Å². The second-order valence-corrected chi connectivity index (χ2v) is 7.84. The normalized spacial score (nSPS) is 11.1. The van der Waals surface area contributed by atoms with Gasteiger partial charge in [-0.25, -0.2) is 4.98 Å².